The van der Waals surface area contributed by atoms with Crippen molar-refractivity contribution in [2.24, 2.45) is 10.7 Å². The van der Waals surface area contributed by atoms with Crippen molar-refractivity contribution in [2.75, 3.05) is 11.2 Å². The van der Waals surface area contributed by atoms with E-state index in [0.717, 1.165) is 0 Å². The number of nitrogens with one attached hydrogen (secondary N) is 1. The quantitative estimate of drug-likeness (QED) is 0.516. The Balaban J connectivity index is 2.05. The molecular formula is C13H12ClN3OS. The molecule has 0 atom stereocenters. The number of carbonyl (C=O) groups excluding carboxylic acids is 1. The largest absolute Gasteiger partial charge is 0.386 e. The van der Waals surface area contributed by atoms with Gasteiger partial charge in [0.05, 0.1) is 16.4 Å². The molecule has 0 spiro atoms. The van der Waals surface area contributed by atoms with Crippen molar-refractivity contribution in [2.45, 2.75) is 0 Å². The Hall–Kier alpha value is -1.85. The van der Waals surface area contributed by atoms with Crippen LogP contribution in [0.15, 0.2) is 46.8 Å². The highest BCUT2D eigenvalue weighted by Gasteiger charge is 2.06. The standard InChI is InChI=1S/C13H12ClN3OS/c14-8-12(15)16-9-3-5-10(6-4-9)17-13(18)11-2-1-7-19-11/h1-7H,8H2,(H2,15,16)(H,17,18). The maximum atomic E-state index is 11.8. The van der Waals surface area contributed by atoms with Gasteiger partial charge in [-0.25, -0.2) is 4.99 Å². The van der Waals surface area contributed by atoms with Crippen LogP contribution in [0.5, 0.6) is 0 Å². The normalized spacial score (nSPS) is 11.3. The first kappa shape index (κ1) is 13.6. The van der Waals surface area contributed by atoms with Gasteiger partial charge >= 0.3 is 0 Å². The van der Waals surface area contributed by atoms with Gasteiger partial charge in [-0.2, -0.15) is 0 Å². The summed E-state index contributed by atoms with van der Waals surface area (Å²) in [4.78, 5) is 16.6. The summed E-state index contributed by atoms with van der Waals surface area (Å²) in [6, 6.07) is 10.7. The van der Waals surface area contributed by atoms with Crippen LogP contribution in [0.25, 0.3) is 0 Å². The number of thiophene rings is 1. The lowest BCUT2D eigenvalue weighted by Gasteiger charge is -2.04. The van der Waals surface area contributed by atoms with Gasteiger partial charge in [0.25, 0.3) is 5.91 Å². The average Bonchev–Trinajstić information content (AvgIpc) is 2.95. The van der Waals surface area contributed by atoms with E-state index in [1.165, 1.54) is 11.3 Å². The number of anilines is 1. The molecule has 2 aromatic rings. The molecule has 0 unspecified atom stereocenters. The number of nitrogens with two attached hydrogens (primary N) is 1. The van der Waals surface area contributed by atoms with Crippen LogP contribution in [-0.4, -0.2) is 17.6 Å². The molecule has 0 bridgehead atoms. The highest BCUT2D eigenvalue weighted by atomic mass is 35.5. The molecule has 1 aromatic carbocycles. The summed E-state index contributed by atoms with van der Waals surface area (Å²) in [6.07, 6.45) is 0. The van der Waals surface area contributed by atoms with Gasteiger partial charge in [0.1, 0.15) is 5.84 Å². The molecular weight excluding hydrogens is 282 g/mol. The van der Waals surface area contributed by atoms with Gasteiger partial charge in [-0.15, -0.1) is 22.9 Å². The molecule has 19 heavy (non-hydrogen) atoms. The van der Waals surface area contributed by atoms with Gasteiger partial charge in [-0.3, -0.25) is 4.79 Å². The molecule has 2 rings (SSSR count). The summed E-state index contributed by atoms with van der Waals surface area (Å²) < 4.78 is 0. The summed E-state index contributed by atoms with van der Waals surface area (Å²) >= 11 is 6.95. The number of hydrogen-bond donors (Lipinski definition) is 2. The summed E-state index contributed by atoms with van der Waals surface area (Å²) in [5.41, 5.74) is 6.95. The maximum absolute atomic E-state index is 11.8. The van der Waals surface area contributed by atoms with Crippen molar-refractivity contribution in [3.63, 3.8) is 0 Å². The Morgan fingerprint density at radius 1 is 1.32 bits per heavy atom. The highest BCUT2D eigenvalue weighted by molar-refractivity contribution is 7.12. The Morgan fingerprint density at radius 3 is 2.63 bits per heavy atom. The molecule has 4 nitrogen and oxygen atoms in total. The van der Waals surface area contributed by atoms with E-state index in [4.69, 9.17) is 17.3 Å². The fraction of sp³-hybridized carbons (Fsp3) is 0.0769. The molecule has 0 aliphatic rings. The van der Waals surface area contributed by atoms with Gasteiger partial charge in [0, 0.05) is 5.69 Å². The third kappa shape index (κ3) is 3.81. The molecule has 0 radical (unpaired) electrons. The van der Waals surface area contributed by atoms with E-state index in [0.29, 0.717) is 22.1 Å². The van der Waals surface area contributed by atoms with Gasteiger partial charge in [0.2, 0.25) is 0 Å². The fourth-order valence-electron chi connectivity index (χ4n) is 1.42. The molecule has 0 saturated heterocycles. The molecule has 0 fully saturated rings. The van der Waals surface area contributed by atoms with Crippen LogP contribution < -0.4 is 11.1 Å². The summed E-state index contributed by atoms with van der Waals surface area (Å²) in [5, 5.41) is 4.67. The number of benzene rings is 1. The van der Waals surface area contributed by atoms with E-state index >= 15 is 0 Å². The first-order valence-electron chi connectivity index (χ1n) is 5.53. The van der Waals surface area contributed by atoms with Gasteiger partial charge in [-0.05, 0) is 35.7 Å². The molecule has 1 amide bonds. The number of hydrogen-bond acceptors (Lipinski definition) is 3. The molecule has 0 aliphatic carbocycles. The van der Waals surface area contributed by atoms with Crippen LogP contribution in [0.3, 0.4) is 0 Å². The van der Waals surface area contributed by atoms with Gasteiger partial charge in [-0.1, -0.05) is 6.07 Å². The van der Waals surface area contributed by atoms with Gasteiger partial charge < -0.3 is 11.1 Å². The lowest BCUT2D eigenvalue weighted by atomic mass is 10.3. The third-order valence-electron chi connectivity index (χ3n) is 2.28. The average molecular weight is 294 g/mol. The third-order valence-corrected chi connectivity index (χ3v) is 3.42. The van der Waals surface area contributed by atoms with E-state index in [9.17, 15) is 4.79 Å². The van der Waals surface area contributed by atoms with E-state index < -0.39 is 0 Å². The topological polar surface area (TPSA) is 67.5 Å². The monoisotopic (exact) mass is 293 g/mol. The molecule has 1 aromatic heterocycles. The number of alkyl halides is 1. The van der Waals surface area contributed by atoms with Crippen LogP contribution in [0.4, 0.5) is 11.4 Å². The van der Waals surface area contributed by atoms with Crippen molar-refractivity contribution < 1.29 is 4.79 Å². The zero-order valence-corrected chi connectivity index (χ0v) is 11.5. The lowest BCUT2D eigenvalue weighted by molar-refractivity contribution is 0.103. The smallest absolute Gasteiger partial charge is 0.265 e. The van der Waals surface area contributed by atoms with E-state index in [1.54, 1.807) is 30.3 Å². The van der Waals surface area contributed by atoms with Crippen LogP contribution >= 0.6 is 22.9 Å². The Morgan fingerprint density at radius 2 is 2.05 bits per heavy atom. The number of carbonyl (C=O) groups is 1. The Kier molecular flexibility index (Phi) is 4.54. The summed E-state index contributed by atoms with van der Waals surface area (Å²) in [5.74, 6) is 0.431. The first-order valence-corrected chi connectivity index (χ1v) is 6.94. The fourth-order valence-corrected chi connectivity index (χ4v) is 2.09. The van der Waals surface area contributed by atoms with E-state index in [-0.39, 0.29) is 11.8 Å². The second-order valence-corrected chi connectivity index (χ2v) is 4.93. The van der Waals surface area contributed by atoms with Crippen molar-refractivity contribution >= 4 is 46.1 Å². The number of amidine groups is 1. The number of rotatable bonds is 4. The molecule has 6 heteroatoms. The van der Waals surface area contributed by atoms with E-state index in [2.05, 4.69) is 10.3 Å². The van der Waals surface area contributed by atoms with Crippen LogP contribution in [-0.2, 0) is 0 Å². The lowest BCUT2D eigenvalue weighted by Crippen LogP contribution is -2.12. The number of amides is 1. The zero-order chi connectivity index (χ0) is 13.7. The molecule has 3 N–H and O–H groups in total. The predicted octanol–water partition coefficient (Wildman–Crippen LogP) is 3.23. The first-order chi connectivity index (χ1) is 9.19. The number of aliphatic imine (C=N–C) groups is 1. The van der Waals surface area contributed by atoms with Crippen LogP contribution in [0, 0.1) is 0 Å². The minimum Gasteiger partial charge on any atom is -0.386 e. The van der Waals surface area contributed by atoms with Crippen molar-refractivity contribution in [3.8, 4) is 0 Å². The predicted molar refractivity (Wildman–Crippen MR) is 80.7 cm³/mol. The molecule has 0 saturated carbocycles. The van der Waals surface area contributed by atoms with Crippen molar-refractivity contribution in [1.82, 2.24) is 0 Å². The maximum Gasteiger partial charge on any atom is 0.265 e. The van der Waals surface area contributed by atoms with Crippen LogP contribution in [0.2, 0.25) is 0 Å². The molecule has 98 valence electrons. The minimum atomic E-state index is -0.119. The Labute approximate surface area is 119 Å². The highest BCUT2D eigenvalue weighted by Crippen LogP contribution is 2.18. The minimum absolute atomic E-state index is 0.119. The second-order valence-electron chi connectivity index (χ2n) is 3.72. The summed E-state index contributed by atoms with van der Waals surface area (Å²) in [7, 11) is 0. The van der Waals surface area contributed by atoms with Crippen LogP contribution in [0.1, 0.15) is 9.67 Å². The molecule has 1 heterocycles. The second kappa shape index (κ2) is 6.36. The van der Waals surface area contributed by atoms with Gasteiger partial charge in [0.15, 0.2) is 0 Å². The SMILES string of the molecule is NC(CCl)=Nc1ccc(NC(=O)c2cccs2)cc1. The van der Waals surface area contributed by atoms with Crippen molar-refractivity contribution in [3.05, 3.63) is 46.7 Å². The Bertz CT molecular complexity index is 578. The zero-order valence-electron chi connectivity index (χ0n) is 9.97. The number of nitrogens with zero attached hydrogens (tertiary/aromatic N) is 1. The van der Waals surface area contributed by atoms with Crippen molar-refractivity contribution in [1.29, 1.82) is 0 Å². The number of halogens is 1. The van der Waals surface area contributed by atoms with E-state index in [1.807, 2.05) is 11.4 Å². The molecule has 0 aliphatic heterocycles. The summed E-state index contributed by atoms with van der Waals surface area (Å²) in [6.45, 7) is 0.